The minimum atomic E-state index is -5.20. The summed E-state index contributed by atoms with van der Waals surface area (Å²) in [5, 5.41) is 2.35. The van der Waals surface area contributed by atoms with Crippen molar-refractivity contribution < 1.29 is 48.7 Å². The van der Waals surface area contributed by atoms with E-state index >= 15 is 4.39 Å². The van der Waals surface area contributed by atoms with E-state index in [4.69, 9.17) is 11.6 Å². The smallest absolute Gasteiger partial charge is 0.349 e. The molecule has 0 fully saturated rings. The molecule has 1 N–H and O–H groups in total. The summed E-state index contributed by atoms with van der Waals surface area (Å²) in [6.45, 7) is 4.17. The van der Waals surface area contributed by atoms with Gasteiger partial charge >= 0.3 is 18.5 Å². The van der Waals surface area contributed by atoms with Crippen molar-refractivity contribution in [2.45, 2.75) is 51.3 Å². The predicted molar refractivity (Wildman–Crippen MR) is 131 cm³/mol. The van der Waals surface area contributed by atoms with Gasteiger partial charge in [-0.05, 0) is 55.7 Å². The lowest BCUT2D eigenvalue weighted by atomic mass is 9.93. The number of thioether (sulfide) groups is 1. The van der Waals surface area contributed by atoms with Crippen molar-refractivity contribution >= 4 is 35.1 Å². The fourth-order valence-corrected chi connectivity index (χ4v) is 4.50. The number of amides is 1. The third kappa shape index (κ3) is 9.33. The minimum absolute atomic E-state index is 0.136. The van der Waals surface area contributed by atoms with Gasteiger partial charge in [0.25, 0.3) is 5.91 Å². The van der Waals surface area contributed by atoms with Crippen LogP contribution in [-0.4, -0.2) is 35.8 Å². The van der Waals surface area contributed by atoms with Gasteiger partial charge in [-0.3, -0.25) is 4.79 Å². The molecule has 0 aliphatic heterocycles. The molecule has 1 unspecified atom stereocenters. The highest BCUT2D eigenvalue weighted by Gasteiger charge is 2.41. The van der Waals surface area contributed by atoms with E-state index in [0.29, 0.717) is 23.9 Å². The lowest BCUT2D eigenvalue weighted by Crippen LogP contribution is -2.35. The number of rotatable bonds is 8. The molecule has 0 aliphatic rings. The van der Waals surface area contributed by atoms with Crippen molar-refractivity contribution in [3.63, 3.8) is 0 Å². The standard InChI is InChI=1S/C25H22ClF10NOS/c1-12-6-16(7-13(2)21(12)26)18(24(31,32)33)9-20(27)15-4-5-17(19(8-15)25(34,35)36)22(38)37-14(3)10-39-11-23(28,29)30/h4-9,14,18H,10-11H2,1-3H3,(H,37,38)/b20-9-/t14-,18?/m1/s1. The summed E-state index contributed by atoms with van der Waals surface area (Å²) in [5.41, 5.74) is -3.25. The fourth-order valence-electron chi connectivity index (χ4n) is 3.60. The summed E-state index contributed by atoms with van der Waals surface area (Å²) in [6, 6.07) is 2.75. The molecule has 0 radical (unpaired) electrons. The Morgan fingerprint density at radius 3 is 2.05 bits per heavy atom. The number of benzene rings is 2. The van der Waals surface area contributed by atoms with E-state index in [1.165, 1.54) is 20.8 Å². The fraction of sp³-hybridized carbons (Fsp3) is 0.400. The Kier molecular flexibility index (Phi) is 10.4. The quantitative estimate of drug-likeness (QED) is 0.303. The average Bonchev–Trinajstić information content (AvgIpc) is 2.77. The van der Waals surface area contributed by atoms with Gasteiger partial charge in [0.05, 0.1) is 16.9 Å². The number of halogens is 11. The van der Waals surface area contributed by atoms with Crippen LogP contribution in [0.15, 0.2) is 36.4 Å². The zero-order valence-electron chi connectivity index (χ0n) is 20.5. The van der Waals surface area contributed by atoms with Crippen LogP contribution in [-0.2, 0) is 6.18 Å². The molecule has 0 heterocycles. The summed E-state index contributed by atoms with van der Waals surface area (Å²) in [6.07, 6.45) is -14.5. The highest BCUT2D eigenvalue weighted by atomic mass is 35.5. The van der Waals surface area contributed by atoms with Gasteiger partial charge in [-0.2, -0.15) is 51.3 Å². The molecule has 0 saturated heterocycles. The second-order valence-electron chi connectivity index (χ2n) is 8.77. The number of hydrogen-bond donors (Lipinski definition) is 1. The molecule has 2 aromatic rings. The molecule has 2 nitrogen and oxygen atoms in total. The van der Waals surface area contributed by atoms with Crippen molar-refractivity contribution in [1.29, 1.82) is 0 Å². The Hall–Kier alpha value is -2.41. The molecule has 216 valence electrons. The molecule has 14 heteroatoms. The highest BCUT2D eigenvalue weighted by molar-refractivity contribution is 7.99. The number of hydrogen-bond acceptors (Lipinski definition) is 2. The van der Waals surface area contributed by atoms with Crippen LogP contribution in [0.5, 0.6) is 0 Å². The zero-order chi connectivity index (χ0) is 29.9. The van der Waals surface area contributed by atoms with E-state index in [1.807, 2.05) is 0 Å². The largest absolute Gasteiger partial charge is 0.417 e. The monoisotopic (exact) mass is 609 g/mol. The Labute approximate surface area is 226 Å². The van der Waals surface area contributed by atoms with Gasteiger partial charge in [-0.25, -0.2) is 4.39 Å². The lowest BCUT2D eigenvalue weighted by Gasteiger charge is -2.20. The third-order valence-corrected chi connectivity index (χ3v) is 7.20. The van der Waals surface area contributed by atoms with Gasteiger partial charge < -0.3 is 5.32 Å². The van der Waals surface area contributed by atoms with E-state index in [-0.39, 0.29) is 39.6 Å². The molecule has 0 aliphatic carbocycles. The van der Waals surface area contributed by atoms with Crippen LogP contribution in [0.25, 0.3) is 5.83 Å². The minimum Gasteiger partial charge on any atom is -0.349 e. The molecular formula is C25H22ClF10NOS. The van der Waals surface area contributed by atoms with E-state index in [1.54, 1.807) is 0 Å². The van der Waals surface area contributed by atoms with Crippen LogP contribution in [0.4, 0.5) is 43.9 Å². The molecule has 39 heavy (non-hydrogen) atoms. The summed E-state index contributed by atoms with van der Waals surface area (Å²) in [7, 11) is 0. The average molecular weight is 610 g/mol. The molecule has 0 saturated carbocycles. The normalized spacial score (nSPS) is 14.8. The van der Waals surface area contributed by atoms with Crippen molar-refractivity contribution in [1.82, 2.24) is 5.32 Å². The van der Waals surface area contributed by atoms with Crippen LogP contribution in [0.3, 0.4) is 0 Å². The van der Waals surface area contributed by atoms with Gasteiger partial charge in [0, 0.05) is 22.4 Å². The number of carbonyl (C=O) groups excluding carboxylic acids is 1. The first-order valence-corrected chi connectivity index (χ1v) is 12.6. The third-order valence-electron chi connectivity index (χ3n) is 5.34. The number of carbonyl (C=O) groups is 1. The SMILES string of the molecule is Cc1cc(C(/C=C(\F)c2ccc(C(=O)N[C@H](C)CSCC(F)(F)F)c(C(F)(F)F)c2)C(F)(F)F)cc(C)c1Cl. The summed E-state index contributed by atoms with van der Waals surface area (Å²) >= 11 is 6.40. The maximum absolute atomic E-state index is 15.0. The molecule has 2 aromatic carbocycles. The van der Waals surface area contributed by atoms with Gasteiger partial charge in [0.15, 0.2) is 0 Å². The molecule has 2 rings (SSSR count). The van der Waals surface area contributed by atoms with Crippen molar-refractivity contribution in [2.24, 2.45) is 0 Å². The lowest BCUT2D eigenvalue weighted by molar-refractivity contribution is -0.140. The van der Waals surface area contributed by atoms with E-state index in [2.05, 4.69) is 5.32 Å². The number of aryl methyl sites for hydroxylation is 2. The topological polar surface area (TPSA) is 29.1 Å². The first kappa shape index (κ1) is 32.8. The molecule has 0 aromatic heterocycles. The van der Waals surface area contributed by atoms with Crippen molar-refractivity contribution in [3.05, 3.63) is 74.8 Å². The second kappa shape index (κ2) is 12.4. The summed E-state index contributed by atoms with van der Waals surface area (Å²) in [5.74, 6) is -6.91. The van der Waals surface area contributed by atoms with Crippen molar-refractivity contribution in [3.8, 4) is 0 Å². The maximum Gasteiger partial charge on any atom is 0.417 e. The second-order valence-corrected chi connectivity index (χ2v) is 10.2. The van der Waals surface area contributed by atoms with Crippen LogP contribution in [0, 0.1) is 13.8 Å². The highest BCUT2D eigenvalue weighted by Crippen LogP contribution is 2.41. The molecule has 1 amide bonds. The summed E-state index contributed by atoms with van der Waals surface area (Å²) in [4.78, 5) is 12.4. The Morgan fingerprint density at radius 1 is 1.00 bits per heavy atom. The summed E-state index contributed by atoms with van der Waals surface area (Å²) < 4.78 is 134. The maximum atomic E-state index is 15.0. The Bertz CT molecular complexity index is 1200. The Morgan fingerprint density at radius 2 is 1.56 bits per heavy atom. The van der Waals surface area contributed by atoms with Gasteiger partial charge in [0.2, 0.25) is 0 Å². The van der Waals surface area contributed by atoms with Crippen LogP contribution < -0.4 is 5.32 Å². The number of nitrogens with one attached hydrogen (secondary N) is 1. The van der Waals surface area contributed by atoms with Gasteiger partial charge in [-0.15, -0.1) is 0 Å². The van der Waals surface area contributed by atoms with E-state index < -0.39 is 64.7 Å². The van der Waals surface area contributed by atoms with Crippen LogP contribution in [0.2, 0.25) is 5.02 Å². The van der Waals surface area contributed by atoms with Gasteiger partial charge in [0.1, 0.15) is 11.7 Å². The zero-order valence-corrected chi connectivity index (χ0v) is 22.1. The van der Waals surface area contributed by atoms with Crippen molar-refractivity contribution in [2.75, 3.05) is 11.5 Å². The first-order chi connectivity index (χ1) is 17.7. The molecule has 0 bridgehead atoms. The van der Waals surface area contributed by atoms with Gasteiger partial charge in [-0.1, -0.05) is 29.8 Å². The van der Waals surface area contributed by atoms with E-state index in [0.717, 1.165) is 12.1 Å². The molecule has 0 spiro atoms. The number of alkyl halides is 9. The molecular weight excluding hydrogens is 588 g/mol. The first-order valence-electron chi connectivity index (χ1n) is 11.1. The van der Waals surface area contributed by atoms with E-state index in [9.17, 15) is 44.3 Å². The molecule has 2 atom stereocenters. The van der Waals surface area contributed by atoms with Crippen LogP contribution >= 0.6 is 23.4 Å². The number of allylic oxidation sites excluding steroid dienone is 1. The Balaban J connectivity index is 2.42. The predicted octanol–water partition coefficient (Wildman–Crippen LogP) is 9.05. The van der Waals surface area contributed by atoms with Crippen LogP contribution in [0.1, 0.15) is 51.0 Å².